The standard InChI is InChI=1S/C28H35ClN6O4/c1-28(2,3)39-27(37)32-20-12-14-35(15-13-20)25-11-10-24(33-34-25)26(36)31-19-5-8-21(9-6-19)38-22-7-4-18(17-30)23(29)16-22/h4,7,10-11,16,19-21H,5-6,8-9,12-15H2,1-3H3,(H,31,36)(H,32,37)/t19-,21-. The van der Waals surface area contributed by atoms with Gasteiger partial charge < -0.3 is 25.0 Å². The molecular formula is C28H35ClN6O4. The number of anilines is 1. The van der Waals surface area contributed by atoms with Crippen LogP contribution in [-0.4, -0.2) is 59.1 Å². The van der Waals surface area contributed by atoms with Gasteiger partial charge in [0.05, 0.1) is 16.7 Å². The number of amides is 2. The molecule has 1 saturated heterocycles. The number of hydrogen-bond donors (Lipinski definition) is 2. The van der Waals surface area contributed by atoms with E-state index in [9.17, 15) is 9.59 Å². The van der Waals surface area contributed by atoms with Crippen LogP contribution in [0.1, 0.15) is 75.3 Å². The highest BCUT2D eigenvalue weighted by Gasteiger charge is 2.26. The predicted octanol–water partition coefficient (Wildman–Crippen LogP) is 4.62. The highest BCUT2D eigenvalue weighted by Crippen LogP contribution is 2.27. The van der Waals surface area contributed by atoms with Gasteiger partial charge in [0.1, 0.15) is 17.4 Å². The maximum atomic E-state index is 12.8. The number of alkyl carbamates (subject to hydrolysis) is 1. The van der Waals surface area contributed by atoms with Gasteiger partial charge in [0.15, 0.2) is 11.5 Å². The zero-order valence-corrected chi connectivity index (χ0v) is 23.3. The summed E-state index contributed by atoms with van der Waals surface area (Å²) in [5.41, 5.74) is 0.180. The van der Waals surface area contributed by atoms with Gasteiger partial charge in [0.25, 0.3) is 5.91 Å². The van der Waals surface area contributed by atoms with E-state index in [-0.39, 0.29) is 29.8 Å². The number of halogens is 1. The lowest BCUT2D eigenvalue weighted by molar-refractivity contribution is 0.0497. The number of hydrogen-bond acceptors (Lipinski definition) is 8. The number of nitriles is 1. The molecule has 10 nitrogen and oxygen atoms in total. The summed E-state index contributed by atoms with van der Waals surface area (Å²) in [5, 5.41) is 23.8. The van der Waals surface area contributed by atoms with Crippen molar-refractivity contribution in [2.24, 2.45) is 0 Å². The van der Waals surface area contributed by atoms with E-state index in [1.807, 2.05) is 32.9 Å². The summed E-state index contributed by atoms with van der Waals surface area (Å²) < 4.78 is 11.4. The van der Waals surface area contributed by atoms with Gasteiger partial charge in [-0.1, -0.05) is 11.6 Å². The number of rotatable bonds is 6. The molecule has 39 heavy (non-hydrogen) atoms. The normalized spacial score (nSPS) is 20.0. The van der Waals surface area contributed by atoms with Crippen LogP contribution in [0.3, 0.4) is 0 Å². The van der Waals surface area contributed by atoms with E-state index in [0.717, 1.165) is 51.6 Å². The van der Waals surface area contributed by atoms with Crippen molar-refractivity contribution in [1.29, 1.82) is 5.26 Å². The van der Waals surface area contributed by atoms with E-state index in [0.29, 0.717) is 22.2 Å². The Kier molecular flexibility index (Phi) is 9.12. The molecule has 0 radical (unpaired) electrons. The smallest absolute Gasteiger partial charge is 0.407 e. The van der Waals surface area contributed by atoms with E-state index in [4.69, 9.17) is 26.3 Å². The first-order valence-electron chi connectivity index (χ1n) is 13.3. The van der Waals surface area contributed by atoms with E-state index in [1.54, 1.807) is 24.3 Å². The third-order valence-electron chi connectivity index (χ3n) is 6.80. The lowest BCUT2D eigenvalue weighted by Gasteiger charge is -2.33. The number of nitrogens with one attached hydrogen (secondary N) is 2. The highest BCUT2D eigenvalue weighted by atomic mass is 35.5. The fraction of sp³-hybridized carbons (Fsp3) is 0.536. The predicted molar refractivity (Wildman–Crippen MR) is 147 cm³/mol. The van der Waals surface area contributed by atoms with Crippen molar-refractivity contribution >= 4 is 29.4 Å². The fourth-order valence-electron chi connectivity index (χ4n) is 4.78. The molecule has 1 aliphatic heterocycles. The van der Waals surface area contributed by atoms with Gasteiger partial charge in [-0.25, -0.2) is 4.79 Å². The molecule has 2 N–H and O–H groups in total. The summed E-state index contributed by atoms with van der Waals surface area (Å²) in [5.74, 6) is 1.12. The van der Waals surface area contributed by atoms with Gasteiger partial charge in [-0.2, -0.15) is 5.26 Å². The maximum absolute atomic E-state index is 12.8. The SMILES string of the molecule is CC(C)(C)OC(=O)NC1CCN(c2ccc(C(=O)N[C@H]3CC[C@H](Oc4ccc(C#N)c(Cl)c4)CC3)nn2)CC1. The van der Waals surface area contributed by atoms with Crippen molar-refractivity contribution in [3.63, 3.8) is 0 Å². The molecule has 208 valence electrons. The molecule has 1 aromatic carbocycles. The molecule has 0 unspecified atom stereocenters. The molecule has 4 rings (SSSR count). The van der Waals surface area contributed by atoms with Gasteiger partial charge in [-0.05, 0) is 83.6 Å². The second-order valence-electron chi connectivity index (χ2n) is 11.0. The van der Waals surface area contributed by atoms with Crippen LogP contribution in [0.15, 0.2) is 30.3 Å². The van der Waals surface area contributed by atoms with Crippen LogP contribution < -0.4 is 20.3 Å². The maximum Gasteiger partial charge on any atom is 0.407 e. The average molecular weight is 555 g/mol. The Morgan fingerprint density at radius 1 is 1.00 bits per heavy atom. The Labute approximate surface area is 234 Å². The van der Waals surface area contributed by atoms with Crippen LogP contribution >= 0.6 is 11.6 Å². The van der Waals surface area contributed by atoms with E-state index in [2.05, 4.69) is 25.7 Å². The topological polar surface area (TPSA) is 129 Å². The number of piperidine rings is 1. The van der Waals surface area contributed by atoms with Gasteiger partial charge >= 0.3 is 6.09 Å². The largest absolute Gasteiger partial charge is 0.490 e. The van der Waals surface area contributed by atoms with Crippen molar-refractivity contribution < 1.29 is 19.1 Å². The van der Waals surface area contributed by atoms with Crippen molar-refractivity contribution in [2.45, 2.75) is 83.1 Å². The highest BCUT2D eigenvalue weighted by molar-refractivity contribution is 6.31. The Hall–Kier alpha value is -3.58. The average Bonchev–Trinajstić information content (AvgIpc) is 2.89. The molecule has 2 aromatic rings. The number of aromatic nitrogens is 2. The molecule has 1 aliphatic carbocycles. The molecule has 0 atom stereocenters. The molecule has 11 heteroatoms. The quantitative estimate of drug-likeness (QED) is 0.529. The molecule has 2 fully saturated rings. The minimum Gasteiger partial charge on any atom is -0.490 e. The van der Waals surface area contributed by atoms with Gasteiger partial charge in [-0.15, -0.1) is 10.2 Å². The van der Waals surface area contributed by atoms with Crippen LogP contribution in [0.5, 0.6) is 5.75 Å². The van der Waals surface area contributed by atoms with E-state index < -0.39 is 11.7 Å². The molecule has 2 amide bonds. The second kappa shape index (κ2) is 12.5. The molecule has 0 bridgehead atoms. The summed E-state index contributed by atoms with van der Waals surface area (Å²) >= 11 is 6.10. The first-order valence-corrected chi connectivity index (χ1v) is 13.7. The number of carbonyl (C=O) groups is 2. The number of carbonyl (C=O) groups excluding carboxylic acids is 2. The summed E-state index contributed by atoms with van der Waals surface area (Å²) in [7, 11) is 0. The molecule has 1 aromatic heterocycles. The van der Waals surface area contributed by atoms with Crippen LogP contribution in [0.25, 0.3) is 0 Å². The van der Waals surface area contributed by atoms with Crippen LogP contribution in [0.2, 0.25) is 5.02 Å². The first-order chi connectivity index (χ1) is 18.6. The van der Waals surface area contributed by atoms with Crippen molar-refractivity contribution in [3.05, 3.63) is 46.6 Å². The first kappa shape index (κ1) is 28.4. The Morgan fingerprint density at radius 2 is 1.69 bits per heavy atom. The van der Waals surface area contributed by atoms with E-state index >= 15 is 0 Å². The zero-order valence-electron chi connectivity index (χ0n) is 22.6. The molecule has 0 spiro atoms. The monoisotopic (exact) mass is 554 g/mol. The fourth-order valence-corrected chi connectivity index (χ4v) is 4.99. The van der Waals surface area contributed by atoms with Crippen LogP contribution in [0.4, 0.5) is 10.6 Å². The Balaban J connectivity index is 1.19. The van der Waals surface area contributed by atoms with Crippen molar-refractivity contribution in [3.8, 4) is 11.8 Å². The second-order valence-corrected chi connectivity index (χ2v) is 11.4. The number of ether oxygens (including phenoxy) is 2. The third-order valence-corrected chi connectivity index (χ3v) is 7.11. The minimum absolute atomic E-state index is 0.0321. The molecule has 2 heterocycles. The summed E-state index contributed by atoms with van der Waals surface area (Å²) in [6.45, 7) is 6.97. The zero-order chi connectivity index (χ0) is 28.0. The van der Waals surface area contributed by atoms with Crippen LogP contribution in [0, 0.1) is 11.3 Å². The van der Waals surface area contributed by atoms with Crippen molar-refractivity contribution in [2.75, 3.05) is 18.0 Å². The minimum atomic E-state index is -0.523. The van der Waals surface area contributed by atoms with Crippen LogP contribution in [-0.2, 0) is 4.74 Å². The van der Waals surface area contributed by atoms with Crippen molar-refractivity contribution in [1.82, 2.24) is 20.8 Å². The summed E-state index contributed by atoms with van der Waals surface area (Å²) in [6.07, 6.45) is 4.36. The summed E-state index contributed by atoms with van der Waals surface area (Å²) in [4.78, 5) is 26.9. The lowest BCUT2D eigenvalue weighted by Crippen LogP contribution is -2.46. The number of benzene rings is 1. The molecule has 2 aliphatic rings. The number of nitrogens with zero attached hydrogens (tertiary/aromatic N) is 4. The molecular weight excluding hydrogens is 520 g/mol. The third kappa shape index (κ3) is 8.20. The molecule has 1 saturated carbocycles. The van der Waals surface area contributed by atoms with E-state index in [1.165, 1.54) is 0 Å². The van der Waals surface area contributed by atoms with Gasteiger partial charge in [0, 0.05) is 31.2 Å². The lowest BCUT2D eigenvalue weighted by atomic mass is 9.93. The Bertz CT molecular complexity index is 1190. The van der Waals surface area contributed by atoms with Gasteiger partial charge in [-0.3, -0.25) is 4.79 Å². The summed E-state index contributed by atoms with van der Waals surface area (Å²) in [6, 6.07) is 10.7. The Morgan fingerprint density at radius 3 is 2.28 bits per heavy atom. The van der Waals surface area contributed by atoms with Gasteiger partial charge in [0.2, 0.25) is 0 Å².